The van der Waals surface area contributed by atoms with Crippen LogP contribution in [-0.4, -0.2) is 0 Å². The molecule has 0 spiro atoms. The van der Waals surface area contributed by atoms with Gasteiger partial charge in [-0.05, 0) is 40.2 Å². The van der Waals surface area contributed by atoms with Crippen LogP contribution < -0.4 is 0 Å². The second-order valence-electron chi connectivity index (χ2n) is 3.90. The third-order valence-electron chi connectivity index (χ3n) is 2.69. The number of hydrogen-bond donors (Lipinski definition) is 0. The third kappa shape index (κ3) is 2.05. The number of halogens is 3. The Labute approximate surface area is 122 Å². The maximum absolute atomic E-state index is 6.06. The Morgan fingerprint density at radius 1 is 1.00 bits per heavy atom. The van der Waals surface area contributed by atoms with Crippen LogP contribution in [0.25, 0.3) is 22.3 Å². The first kappa shape index (κ1) is 12.1. The molecule has 0 aliphatic rings. The molecular weight excluding hydrogens is 335 g/mol. The van der Waals surface area contributed by atoms with Gasteiger partial charge in [0.05, 0.1) is 10.0 Å². The molecule has 0 aliphatic carbocycles. The van der Waals surface area contributed by atoms with E-state index in [1.54, 1.807) is 6.07 Å². The van der Waals surface area contributed by atoms with Crippen LogP contribution in [0.15, 0.2) is 51.4 Å². The Bertz CT molecular complexity index is 677. The van der Waals surface area contributed by atoms with E-state index < -0.39 is 0 Å². The number of para-hydroxylation sites is 1. The first-order chi connectivity index (χ1) is 8.65. The number of furan rings is 1. The van der Waals surface area contributed by atoms with Gasteiger partial charge in [-0.1, -0.05) is 41.4 Å². The van der Waals surface area contributed by atoms with Crippen LogP contribution in [0.4, 0.5) is 0 Å². The fraction of sp³-hybridized carbons (Fsp3) is 0. The van der Waals surface area contributed by atoms with E-state index in [-0.39, 0.29) is 0 Å². The van der Waals surface area contributed by atoms with E-state index in [9.17, 15) is 0 Å². The molecule has 0 aliphatic heterocycles. The molecule has 2 aromatic carbocycles. The lowest BCUT2D eigenvalue weighted by Gasteiger charge is -2.02. The Hall–Kier alpha value is -0.960. The normalized spacial score (nSPS) is 11.1. The van der Waals surface area contributed by atoms with Gasteiger partial charge in [0.15, 0.2) is 0 Å². The van der Waals surface area contributed by atoms with Crippen molar-refractivity contribution in [3.8, 4) is 11.3 Å². The maximum atomic E-state index is 6.06. The lowest BCUT2D eigenvalue weighted by molar-refractivity contribution is 0.631. The Kier molecular flexibility index (Phi) is 3.10. The van der Waals surface area contributed by atoms with Crippen LogP contribution in [0.5, 0.6) is 0 Å². The van der Waals surface area contributed by atoms with E-state index in [2.05, 4.69) is 15.9 Å². The van der Waals surface area contributed by atoms with Crippen molar-refractivity contribution in [1.82, 2.24) is 0 Å². The van der Waals surface area contributed by atoms with E-state index in [1.807, 2.05) is 36.4 Å². The monoisotopic (exact) mass is 340 g/mol. The van der Waals surface area contributed by atoms with Gasteiger partial charge in [-0.15, -0.1) is 0 Å². The minimum atomic E-state index is 0.501. The van der Waals surface area contributed by atoms with E-state index in [1.165, 1.54) is 0 Å². The molecule has 0 N–H and O–H groups in total. The van der Waals surface area contributed by atoms with E-state index in [0.29, 0.717) is 10.0 Å². The van der Waals surface area contributed by atoms with Gasteiger partial charge in [0.2, 0.25) is 0 Å². The molecule has 1 heterocycles. The van der Waals surface area contributed by atoms with Gasteiger partial charge in [0.25, 0.3) is 0 Å². The molecule has 1 aromatic heterocycles. The van der Waals surface area contributed by atoms with Gasteiger partial charge in [-0.2, -0.15) is 0 Å². The summed E-state index contributed by atoms with van der Waals surface area (Å²) in [6, 6.07) is 13.5. The van der Waals surface area contributed by atoms with Crippen LogP contribution in [0.3, 0.4) is 0 Å². The Balaban J connectivity index is 2.20. The van der Waals surface area contributed by atoms with Gasteiger partial charge in [-0.25, -0.2) is 0 Å². The van der Waals surface area contributed by atoms with Gasteiger partial charge in [0, 0.05) is 15.4 Å². The quantitative estimate of drug-likeness (QED) is 0.482. The minimum Gasteiger partial charge on any atom is -0.456 e. The van der Waals surface area contributed by atoms with Crippen molar-refractivity contribution in [1.29, 1.82) is 0 Å². The predicted molar refractivity (Wildman–Crippen MR) is 79.4 cm³/mol. The summed E-state index contributed by atoms with van der Waals surface area (Å²) in [5.74, 6) is 0.774. The molecule has 1 nitrogen and oxygen atoms in total. The van der Waals surface area contributed by atoms with Crippen LogP contribution in [-0.2, 0) is 0 Å². The van der Waals surface area contributed by atoms with E-state index >= 15 is 0 Å². The molecule has 0 unspecified atom stereocenters. The lowest BCUT2D eigenvalue weighted by Crippen LogP contribution is -1.77. The van der Waals surface area contributed by atoms with Crippen molar-refractivity contribution < 1.29 is 4.42 Å². The maximum Gasteiger partial charge on any atom is 0.135 e. The van der Waals surface area contributed by atoms with E-state index in [4.69, 9.17) is 27.6 Å². The lowest BCUT2D eigenvalue weighted by atomic mass is 10.1. The molecule has 3 rings (SSSR count). The molecule has 4 heteroatoms. The van der Waals surface area contributed by atoms with Crippen molar-refractivity contribution in [3.05, 3.63) is 57.0 Å². The van der Waals surface area contributed by atoms with Gasteiger partial charge in [-0.3, -0.25) is 0 Å². The highest BCUT2D eigenvalue weighted by Gasteiger charge is 2.10. The first-order valence-electron chi connectivity index (χ1n) is 5.28. The topological polar surface area (TPSA) is 13.1 Å². The van der Waals surface area contributed by atoms with Crippen molar-refractivity contribution in [2.45, 2.75) is 0 Å². The highest BCUT2D eigenvalue weighted by atomic mass is 79.9. The van der Waals surface area contributed by atoms with Crippen LogP contribution in [0, 0.1) is 0 Å². The van der Waals surface area contributed by atoms with Gasteiger partial charge >= 0.3 is 0 Å². The summed E-state index contributed by atoms with van der Waals surface area (Å²) in [5.41, 5.74) is 1.75. The highest BCUT2D eigenvalue weighted by molar-refractivity contribution is 9.10. The second-order valence-corrected chi connectivity index (χ2v) is 5.54. The molecule has 0 radical (unpaired) electrons. The summed E-state index contributed by atoms with van der Waals surface area (Å²) in [6.45, 7) is 0. The fourth-order valence-electron chi connectivity index (χ4n) is 1.82. The number of fused-ring (bicyclic) bond motifs is 1. The van der Waals surface area contributed by atoms with Crippen molar-refractivity contribution in [2.75, 3.05) is 0 Å². The molecular formula is C14H7BrCl2O. The summed E-state index contributed by atoms with van der Waals surface area (Å²) < 4.78 is 6.54. The molecule has 0 fully saturated rings. The average Bonchev–Trinajstić information content (AvgIpc) is 2.79. The van der Waals surface area contributed by atoms with Crippen LogP contribution in [0.2, 0.25) is 10.0 Å². The number of rotatable bonds is 1. The molecule has 0 bridgehead atoms. The smallest absolute Gasteiger partial charge is 0.135 e. The number of hydrogen-bond acceptors (Lipinski definition) is 1. The molecule has 90 valence electrons. The summed E-state index contributed by atoms with van der Waals surface area (Å²) >= 11 is 15.5. The van der Waals surface area contributed by atoms with Crippen molar-refractivity contribution in [2.24, 2.45) is 0 Å². The van der Waals surface area contributed by atoms with Crippen molar-refractivity contribution >= 4 is 50.1 Å². The Morgan fingerprint density at radius 2 is 1.78 bits per heavy atom. The highest BCUT2D eigenvalue weighted by Crippen LogP contribution is 2.36. The SMILES string of the molecule is Clc1cc(-c2cc3ccccc3o2)cc(Br)c1Cl. The molecule has 0 amide bonds. The summed E-state index contributed by atoms with van der Waals surface area (Å²) in [4.78, 5) is 0. The summed E-state index contributed by atoms with van der Waals surface area (Å²) in [6.07, 6.45) is 0. The zero-order valence-corrected chi connectivity index (χ0v) is 12.2. The molecule has 3 aromatic rings. The van der Waals surface area contributed by atoms with Gasteiger partial charge < -0.3 is 4.42 Å². The first-order valence-corrected chi connectivity index (χ1v) is 6.83. The molecule has 0 saturated heterocycles. The third-order valence-corrected chi connectivity index (χ3v) is 4.35. The van der Waals surface area contributed by atoms with E-state index in [0.717, 1.165) is 26.8 Å². The van der Waals surface area contributed by atoms with Crippen LogP contribution in [0.1, 0.15) is 0 Å². The molecule has 0 saturated carbocycles. The zero-order chi connectivity index (χ0) is 12.7. The molecule has 18 heavy (non-hydrogen) atoms. The summed E-state index contributed by atoms with van der Waals surface area (Å²) in [7, 11) is 0. The largest absolute Gasteiger partial charge is 0.456 e. The zero-order valence-electron chi connectivity index (χ0n) is 9.08. The molecule has 0 atom stereocenters. The minimum absolute atomic E-state index is 0.501. The second kappa shape index (κ2) is 4.61. The average molecular weight is 342 g/mol. The summed E-state index contributed by atoms with van der Waals surface area (Å²) in [5, 5.41) is 2.08. The fourth-order valence-corrected chi connectivity index (χ4v) is 2.72. The Morgan fingerprint density at radius 3 is 2.50 bits per heavy atom. The van der Waals surface area contributed by atoms with Crippen molar-refractivity contribution in [3.63, 3.8) is 0 Å². The van der Waals surface area contributed by atoms with Gasteiger partial charge in [0.1, 0.15) is 11.3 Å². The number of benzene rings is 2. The predicted octanol–water partition coefficient (Wildman–Crippen LogP) is 6.17. The van der Waals surface area contributed by atoms with Crippen LogP contribution >= 0.6 is 39.1 Å². The standard InChI is InChI=1S/C14H7BrCl2O/c15-10-5-9(6-11(16)14(10)17)13-7-8-3-1-2-4-12(8)18-13/h1-7H.